The fraction of sp³-hybridized carbons (Fsp3) is 0.357. The monoisotopic (exact) mass is 464 g/mol. The predicted octanol–water partition coefficient (Wildman–Crippen LogP) is 5.39. The highest BCUT2D eigenvalue weighted by Gasteiger charge is 2.29. The van der Waals surface area contributed by atoms with Gasteiger partial charge < -0.3 is 18.9 Å². The van der Waals surface area contributed by atoms with E-state index >= 15 is 0 Å². The van der Waals surface area contributed by atoms with Crippen LogP contribution in [-0.2, 0) is 9.59 Å². The van der Waals surface area contributed by atoms with Gasteiger partial charge in [0.15, 0.2) is 34.6 Å². The van der Waals surface area contributed by atoms with Crippen LogP contribution >= 0.6 is 0 Å². The van der Waals surface area contributed by atoms with Crippen LogP contribution in [0.3, 0.4) is 0 Å². The molecule has 2 aromatic rings. The predicted molar refractivity (Wildman–Crippen MR) is 133 cm³/mol. The molecule has 180 valence electrons. The average molecular weight is 465 g/mol. The Morgan fingerprint density at radius 2 is 1.09 bits per heavy atom. The molecule has 0 saturated heterocycles. The van der Waals surface area contributed by atoms with Gasteiger partial charge in [-0.25, -0.2) is 0 Å². The first kappa shape index (κ1) is 25.1. The quantitative estimate of drug-likeness (QED) is 0.439. The highest BCUT2D eigenvalue weighted by Crippen LogP contribution is 2.32. The highest BCUT2D eigenvalue weighted by molar-refractivity contribution is 5.98. The van der Waals surface area contributed by atoms with Gasteiger partial charge in [-0.3, -0.25) is 9.59 Å². The summed E-state index contributed by atoms with van der Waals surface area (Å²) in [4.78, 5) is 25.7. The van der Waals surface area contributed by atoms with Crippen LogP contribution in [0.2, 0.25) is 0 Å². The van der Waals surface area contributed by atoms with E-state index in [1.165, 1.54) is 0 Å². The molecule has 0 spiro atoms. The third-order valence-corrected chi connectivity index (χ3v) is 6.17. The smallest absolute Gasteiger partial charge is 0.161 e. The number of allylic oxidation sites excluding steroid dienone is 2. The Bertz CT molecular complexity index is 985. The maximum absolute atomic E-state index is 12.8. The maximum atomic E-state index is 12.8. The van der Waals surface area contributed by atoms with E-state index in [-0.39, 0.29) is 23.4 Å². The van der Waals surface area contributed by atoms with Crippen LogP contribution in [0.25, 0.3) is 12.2 Å². The van der Waals surface area contributed by atoms with Crippen molar-refractivity contribution in [2.24, 2.45) is 11.8 Å². The summed E-state index contributed by atoms with van der Waals surface area (Å²) in [5, 5.41) is 0. The standard InChI is InChI=1S/C28H32O6/c1-31-25-14-10-19(16-27(25)33-3)8-12-23(29)21-6-5-7-22(18-21)24(30)13-9-20-11-15-26(32-2)28(17-20)34-4/h8-17,21-22H,5-7,18H2,1-4H3/b12-8+,13-9+/t21-,22-/m1/s1. The number of benzene rings is 2. The zero-order chi connectivity index (χ0) is 24.5. The molecule has 6 heteroatoms. The Morgan fingerprint density at radius 3 is 1.47 bits per heavy atom. The molecule has 0 radical (unpaired) electrons. The molecule has 0 N–H and O–H groups in total. The number of ether oxygens (including phenoxy) is 4. The van der Waals surface area contributed by atoms with Crippen molar-refractivity contribution in [1.82, 2.24) is 0 Å². The van der Waals surface area contributed by atoms with Gasteiger partial charge in [-0.05, 0) is 66.8 Å². The van der Waals surface area contributed by atoms with Gasteiger partial charge in [0.2, 0.25) is 0 Å². The molecule has 2 atom stereocenters. The molecule has 1 saturated carbocycles. The van der Waals surface area contributed by atoms with Crippen LogP contribution in [0.4, 0.5) is 0 Å². The van der Waals surface area contributed by atoms with Gasteiger partial charge in [0.1, 0.15) is 0 Å². The van der Waals surface area contributed by atoms with E-state index < -0.39 is 0 Å². The second-order valence-electron chi connectivity index (χ2n) is 8.26. The molecule has 1 aliphatic carbocycles. The van der Waals surface area contributed by atoms with E-state index in [1.807, 2.05) is 36.4 Å². The Hall–Kier alpha value is -3.54. The SMILES string of the molecule is COc1ccc(/C=C/C(=O)[C@@H]2CCC[C@@H](C(=O)/C=C/c3ccc(OC)c(OC)c3)C2)cc1OC. The van der Waals surface area contributed by atoms with Gasteiger partial charge in [-0.1, -0.05) is 30.7 Å². The Morgan fingerprint density at radius 1 is 0.676 bits per heavy atom. The molecule has 0 aromatic heterocycles. The first-order valence-electron chi connectivity index (χ1n) is 11.4. The van der Waals surface area contributed by atoms with Gasteiger partial charge in [0, 0.05) is 11.8 Å². The molecule has 0 unspecified atom stereocenters. The first-order valence-corrected chi connectivity index (χ1v) is 11.4. The van der Waals surface area contributed by atoms with Crippen molar-refractivity contribution in [2.75, 3.05) is 28.4 Å². The summed E-state index contributed by atoms with van der Waals surface area (Å²) in [5.74, 6) is 2.32. The molecule has 2 aromatic carbocycles. The van der Waals surface area contributed by atoms with E-state index in [4.69, 9.17) is 18.9 Å². The minimum absolute atomic E-state index is 0.0520. The van der Waals surface area contributed by atoms with Crippen molar-refractivity contribution >= 4 is 23.7 Å². The lowest BCUT2D eigenvalue weighted by atomic mass is 9.77. The lowest BCUT2D eigenvalue weighted by Crippen LogP contribution is -2.25. The van der Waals surface area contributed by atoms with Crippen molar-refractivity contribution in [2.45, 2.75) is 25.7 Å². The zero-order valence-corrected chi connectivity index (χ0v) is 20.2. The third kappa shape index (κ3) is 6.28. The summed E-state index contributed by atoms with van der Waals surface area (Å²) in [5.41, 5.74) is 1.71. The summed E-state index contributed by atoms with van der Waals surface area (Å²) in [6, 6.07) is 11.0. The van der Waals surface area contributed by atoms with Crippen molar-refractivity contribution in [3.8, 4) is 23.0 Å². The fourth-order valence-corrected chi connectivity index (χ4v) is 4.25. The van der Waals surface area contributed by atoms with Crippen LogP contribution in [0.5, 0.6) is 23.0 Å². The van der Waals surface area contributed by atoms with Crippen molar-refractivity contribution in [3.05, 3.63) is 59.7 Å². The second-order valence-corrected chi connectivity index (χ2v) is 8.26. The average Bonchev–Trinajstić information content (AvgIpc) is 2.89. The van der Waals surface area contributed by atoms with Crippen LogP contribution in [0.15, 0.2) is 48.6 Å². The fourth-order valence-electron chi connectivity index (χ4n) is 4.25. The number of hydrogen-bond donors (Lipinski definition) is 0. The Balaban J connectivity index is 1.62. The molecular weight excluding hydrogens is 432 g/mol. The maximum Gasteiger partial charge on any atom is 0.161 e. The molecular formula is C28H32O6. The number of rotatable bonds is 10. The van der Waals surface area contributed by atoms with Crippen LogP contribution in [0, 0.1) is 11.8 Å². The van der Waals surface area contributed by atoms with Gasteiger partial charge in [0.25, 0.3) is 0 Å². The number of carbonyl (C=O) groups excluding carboxylic acids is 2. The normalized spacial score (nSPS) is 18.1. The molecule has 0 bridgehead atoms. The molecule has 34 heavy (non-hydrogen) atoms. The van der Waals surface area contributed by atoms with Crippen molar-refractivity contribution in [1.29, 1.82) is 0 Å². The van der Waals surface area contributed by atoms with Gasteiger partial charge in [-0.15, -0.1) is 0 Å². The minimum atomic E-state index is -0.145. The number of carbonyl (C=O) groups is 2. The highest BCUT2D eigenvalue weighted by atomic mass is 16.5. The lowest BCUT2D eigenvalue weighted by molar-refractivity contribution is -0.122. The molecule has 0 heterocycles. The topological polar surface area (TPSA) is 71.1 Å². The molecule has 6 nitrogen and oxygen atoms in total. The molecule has 3 rings (SSSR count). The second kappa shape index (κ2) is 12.1. The van der Waals surface area contributed by atoms with Gasteiger partial charge >= 0.3 is 0 Å². The summed E-state index contributed by atoms with van der Waals surface area (Å²) >= 11 is 0. The molecule has 0 amide bonds. The first-order chi connectivity index (χ1) is 16.5. The van der Waals surface area contributed by atoms with Gasteiger partial charge in [-0.2, -0.15) is 0 Å². The summed E-state index contributed by atoms with van der Waals surface area (Å²) < 4.78 is 21.1. The van der Waals surface area contributed by atoms with E-state index in [1.54, 1.807) is 52.7 Å². The van der Waals surface area contributed by atoms with E-state index in [2.05, 4.69) is 0 Å². The minimum Gasteiger partial charge on any atom is -0.493 e. The number of methoxy groups -OCH3 is 4. The summed E-state index contributed by atoms with van der Waals surface area (Å²) in [6.07, 6.45) is 9.83. The lowest BCUT2D eigenvalue weighted by Gasteiger charge is -2.25. The number of ketones is 2. The van der Waals surface area contributed by atoms with Crippen LogP contribution < -0.4 is 18.9 Å². The summed E-state index contributed by atoms with van der Waals surface area (Å²) in [7, 11) is 6.33. The van der Waals surface area contributed by atoms with Crippen molar-refractivity contribution in [3.63, 3.8) is 0 Å². The number of hydrogen-bond acceptors (Lipinski definition) is 6. The molecule has 0 aliphatic heterocycles. The molecule has 1 fully saturated rings. The summed E-state index contributed by atoms with van der Waals surface area (Å²) in [6.45, 7) is 0. The largest absolute Gasteiger partial charge is 0.493 e. The van der Waals surface area contributed by atoms with Crippen LogP contribution in [0.1, 0.15) is 36.8 Å². The third-order valence-electron chi connectivity index (χ3n) is 6.17. The van der Waals surface area contributed by atoms with E-state index in [0.717, 1.165) is 30.4 Å². The van der Waals surface area contributed by atoms with E-state index in [9.17, 15) is 9.59 Å². The van der Waals surface area contributed by atoms with Crippen LogP contribution in [-0.4, -0.2) is 40.0 Å². The van der Waals surface area contributed by atoms with Gasteiger partial charge in [0.05, 0.1) is 28.4 Å². The Labute approximate surface area is 201 Å². The van der Waals surface area contributed by atoms with E-state index in [0.29, 0.717) is 29.4 Å². The zero-order valence-electron chi connectivity index (χ0n) is 20.2. The Kier molecular flexibility index (Phi) is 8.91. The van der Waals surface area contributed by atoms with Crippen molar-refractivity contribution < 1.29 is 28.5 Å². The molecule has 1 aliphatic rings.